The highest BCUT2D eigenvalue weighted by atomic mass is 31.2. The maximum atomic E-state index is 12.9. The first kappa shape index (κ1) is 72.1. The molecule has 0 bridgehead atoms. The van der Waals surface area contributed by atoms with Gasteiger partial charge in [-0.3, -0.25) is 23.4 Å². The number of carbonyl (C=O) groups is 3. The van der Waals surface area contributed by atoms with Crippen LogP contribution in [0.2, 0.25) is 0 Å². The summed E-state index contributed by atoms with van der Waals surface area (Å²) in [5, 5.41) is 9.83. The van der Waals surface area contributed by atoms with Gasteiger partial charge in [0, 0.05) is 19.3 Å². The van der Waals surface area contributed by atoms with Crippen molar-refractivity contribution in [3.05, 3.63) is 109 Å². The summed E-state index contributed by atoms with van der Waals surface area (Å²) in [6, 6.07) is 0. The van der Waals surface area contributed by atoms with Gasteiger partial charge in [0.15, 0.2) is 6.10 Å². The van der Waals surface area contributed by atoms with E-state index in [1.54, 1.807) is 0 Å². The van der Waals surface area contributed by atoms with Gasteiger partial charge in [-0.1, -0.05) is 233 Å². The summed E-state index contributed by atoms with van der Waals surface area (Å²) in [6.45, 7) is 4.33. The van der Waals surface area contributed by atoms with Crippen molar-refractivity contribution < 1.29 is 52.2 Å². The van der Waals surface area contributed by atoms with Crippen LogP contribution < -0.4 is 0 Å². The number of hydrogen-bond acceptors (Lipinski definition) is 10. The predicted octanol–water partition coefficient (Wildman–Crippen LogP) is 17.8. The molecule has 76 heavy (non-hydrogen) atoms. The van der Waals surface area contributed by atoms with Crippen molar-refractivity contribution in [1.29, 1.82) is 0 Å². The molecule has 0 saturated carbocycles. The molecule has 0 aromatic rings. The second-order valence-corrected chi connectivity index (χ2v) is 20.9. The van der Waals surface area contributed by atoms with Crippen LogP contribution in [0, 0.1) is 0 Å². The summed E-state index contributed by atoms with van der Waals surface area (Å²) >= 11 is 0. The van der Waals surface area contributed by atoms with Crippen LogP contribution >= 0.6 is 7.82 Å². The minimum Gasteiger partial charge on any atom is -0.462 e. The third-order valence-electron chi connectivity index (χ3n) is 12.2. The number of phosphoric acid groups is 1. The van der Waals surface area contributed by atoms with Gasteiger partial charge in [-0.05, 0) is 96.3 Å². The third kappa shape index (κ3) is 54.9. The summed E-state index contributed by atoms with van der Waals surface area (Å²) in [5.74, 6) is -1.57. The molecule has 0 spiro atoms. The Labute approximate surface area is 463 Å². The molecule has 3 atom stereocenters. The van der Waals surface area contributed by atoms with Gasteiger partial charge in [0.2, 0.25) is 0 Å². The number of aliphatic hydroxyl groups excluding tert-OH is 1. The molecule has 0 aromatic carbocycles. The van der Waals surface area contributed by atoms with E-state index in [0.717, 1.165) is 103 Å². The van der Waals surface area contributed by atoms with Gasteiger partial charge in [-0.2, -0.15) is 0 Å². The molecular weight excluding hydrogens is 976 g/mol. The zero-order valence-corrected chi connectivity index (χ0v) is 48.8. The molecule has 11 nitrogen and oxygen atoms in total. The summed E-state index contributed by atoms with van der Waals surface area (Å²) in [4.78, 5) is 48.6. The lowest BCUT2D eigenvalue weighted by atomic mass is 10.0. The lowest BCUT2D eigenvalue weighted by molar-refractivity contribution is -0.161. The average Bonchev–Trinajstić information content (AvgIpc) is 3.41. The first-order chi connectivity index (χ1) is 37.2. The molecule has 0 heterocycles. The van der Waals surface area contributed by atoms with Crippen molar-refractivity contribution in [3.63, 3.8) is 0 Å². The van der Waals surface area contributed by atoms with Crippen molar-refractivity contribution in [2.75, 3.05) is 26.4 Å². The molecule has 12 heteroatoms. The van der Waals surface area contributed by atoms with Crippen LogP contribution in [-0.2, 0) is 42.2 Å². The number of aliphatic hydroxyl groups is 1. The molecule has 0 fully saturated rings. The van der Waals surface area contributed by atoms with Gasteiger partial charge in [0.05, 0.1) is 19.8 Å². The fourth-order valence-corrected chi connectivity index (χ4v) is 8.52. The monoisotopic (exact) mass is 1080 g/mol. The maximum Gasteiger partial charge on any atom is 0.472 e. The zero-order valence-electron chi connectivity index (χ0n) is 47.9. The Morgan fingerprint density at radius 1 is 0.382 bits per heavy atom. The molecule has 0 saturated heterocycles. The minimum absolute atomic E-state index is 0.123. The molecular formula is C64H107O11P. The highest BCUT2D eigenvalue weighted by Crippen LogP contribution is 2.43. The van der Waals surface area contributed by atoms with Crippen molar-refractivity contribution in [1.82, 2.24) is 0 Å². The highest BCUT2D eigenvalue weighted by Gasteiger charge is 2.28. The summed E-state index contributed by atoms with van der Waals surface area (Å²) in [6.07, 6.45) is 69.1. The van der Waals surface area contributed by atoms with Crippen LogP contribution in [0.1, 0.15) is 239 Å². The molecule has 0 radical (unpaired) electrons. The van der Waals surface area contributed by atoms with E-state index in [4.69, 9.17) is 23.3 Å². The van der Waals surface area contributed by atoms with Gasteiger partial charge in [-0.25, -0.2) is 4.57 Å². The molecule has 0 aliphatic heterocycles. The molecule has 3 unspecified atom stereocenters. The van der Waals surface area contributed by atoms with E-state index in [1.165, 1.54) is 70.6 Å². The van der Waals surface area contributed by atoms with Crippen LogP contribution in [0.15, 0.2) is 109 Å². The van der Waals surface area contributed by atoms with E-state index in [-0.39, 0.29) is 25.9 Å². The Balaban J connectivity index is 4.84. The lowest BCUT2D eigenvalue weighted by Gasteiger charge is -2.21. The Morgan fingerprint density at radius 2 is 0.697 bits per heavy atom. The Morgan fingerprint density at radius 3 is 1.09 bits per heavy atom. The molecule has 0 rings (SSSR count). The SMILES string of the molecule is CC/C=C\C/C=C\C/C=C\C/C=C\C/C=C\CCCC(=O)OCC(COP(=O)(O)OCC(CO)OC(=O)CCCCCCCCCCCCCCCCC)OC(=O)CCCCCC/C=C\C/C=C\C/C=C\C/C=C\CC. The topological polar surface area (TPSA) is 155 Å². The number of ether oxygens (including phenoxy) is 3. The molecule has 0 aliphatic carbocycles. The van der Waals surface area contributed by atoms with E-state index >= 15 is 0 Å². The van der Waals surface area contributed by atoms with Crippen LogP contribution in [0.4, 0.5) is 0 Å². The fraction of sp³-hybridized carbons (Fsp3) is 0.672. The van der Waals surface area contributed by atoms with Crippen LogP contribution in [-0.4, -0.2) is 66.5 Å². The smallest absolute Gasteiger partial charge is 0.462 e. The largest absolute Gasteiger partial charge is 0.472 e. The average molecular weight is 1080 g/mol. The molecule has 0 aliphatic rings. The predicted molar refractivity (Wildman–Crippen MR) is 316 cm³/mol. The number of phosphoric ester groups is 1. The summed E-state index contributed by atoms with van der Waals surface area (Å²) in [7, 11) is -4.77. The van der Waals surface area contributed by atoms with Crippen LogP contribution in [0.25, 0.3) is 0 Å². The van der Waals surface area contributed by atoms with Gasteiger partial charge < -0.3 is 24.2 Å². The zero-order chi connectivity index (χ0) is 55.5. The van der Waals surface area contributed by atoms with Crippen molar-refractivity contribution in [2.24, 2.45) is 0 Å². The second kappa shape index (κ2) is 57.3. The number of hydrogen-bond donors (Lipinski definition) is 2. The quantitative estimate of drug-likeness (QED) is 0.0197. The van der Waals surface area contributed by atoms with Crippen molar-refractivity contribution in [3.8, 4) is 0 Å². The number of unbranched alkanes of at least 4 members (excludes halogenated alkanes) is 19. The number of allylic oxidation sites excluding steroid dienone is 18. The maximum absolute atomic E-state index is 12.9. The van der Waals surface area contributed by atoms with Gasteiger partial charge in [0.1, 0.15) is 12.7 Å². The van der Waals surface area contributed by atoms with Crippen LogP contribution in [0.3, 0.4) is 0 Å². The van der Waals surface area contributed by atoms with Crippen LogP contribution in [0.5, 0.6) is 0 Å². The van der Waals surface area contributed by atoms with Crippen molar-refractivity contribution >= 4 is 25.7 Å². The normalized spacial score (nSPS) is 14.1. The van der Waals surface area contributed by atoms with E-state index < -0.39 is 57.8 Å². The summed E-state index contributed by atoms with van der Waals surface area (Å²) in [5.41, 5.74) is 0. The lowest BCUT2D eigenvalue weighted by Crippen LogP contribution is -2.30. The summed E-state index contributed by atoms with van der Waals surface area (Å²) < 4.78 is 39.5. The fourth-order valence-electron chi connectivity index (χ4n) is 7.74. The Bertz CT molecular complexity index is 1690. The number of esters is 3. The highest BCUT2D eigenvalue weighted by molar-refractivity contribution is 7.47. The number of carbonyl (C=O) groups excluding carboxylic acids is 3. The standard InChI is InChI=1S/C64H107O11P/c1-4-7-10-13-16-19-22-25-28-30-33-35-38-41-44-47-50-53-62(66)71-57-61(75-64(68)55-52-49-46-43-40-37-34-31-29-26-23-20-17-14-11-8-5-2)59-73-76(69,70)72-58-60(56-65)74-63(67)54-51-48-45-42-39-36-32-27-24-21-18-15-12-9-6-3/h7-8,10-11,16-17,19-20,25-26,28-29,33-35,37,41,44,60-61,65H,4-6,9,12-15,18,21-24,27,30-32,36,38-40,42-43,45-59H2,1-3H3,(H,69,70)/b10-7-,11-8-,19-16-,20-17-,28-25-,29-26-,35-33-,37-34-,44-41-. The Kier molecular flexibility index (Phi) is 54.4. The Hall–Kier alpha value is -3.86. The second-order valence-electron chi connectivity index (χ2n) is 19.4. The van der Waals surface area contributed by atoms with Gasteiger partial charge in [0.25, 0.3) is 0 Å². The number of rotatable bonds is 54. The molecule has 2 N–H and O–H groups in total. The minimum atomic E-state index is -4.77. The first-order valence-corrected chi connectivity index (χ1v) is 31.3. The molecule has 434 valence electrons. The van der Waals surface area contributed by atoms with E-state index in [2.05, 4.69) is 124 Å². The molecule has 0 aromatic heterocycles. The van der Waals surface area contributed by atoms with Crippen molar-refractivity contribution in [2.45, 2.75) is 251 Å². The van der Waals surface area contributed by atoms with Gasteiger partial charge in [-0.15, -0.1) is 0 Å². The third-order valence-corrected chi connectivity index (χ3v) is 13.1. The van der Waals surface area contributed by atoms with Gasteiger partial charge >= 0.3 is 25.7 Å². The van der Waals surface area contributed by atoms with E-state index in [9.17, 15) is 28.9 Å². The molecule has 0 amide bonds. The van der Waals surface area contributed by atoms with E-state index in [0.29, 0.717) is 25.7 Å². The van der Waals surface area contributed by atoms with E-state index in [1.807, 2.05) is 6.08 Å². The first-order valence-electron chi connectivity index (χ1n) is 29.8.